The van der Waals surface area contributed by atoms with Crippen LogP contribution in [0.3, 0.4) is 0 Å². The lowest BCUT2D eigenvalue weighted by molar-refractivity contribution is -0.121. The van der Waals surface area contributed by atoms with Crippen LogP contribution in [-0.4, -0.2) is 34.0 Å². The Bertz CT molecular complexity index is 569. The van der Waals surface area contributed by atoms with E-state index in [4.69, 9.17) is 4.74 Å². The molecule has 1 saturated heterocycles. The largest absolute Gasteiger partial charge is 0.376 e. The maximum Gasteiger partial charge on any atom is 0.226 e. The second kappa shape index (κ2) is 5.63. The van der Waals surface area contributed by atoms with Crippen molar-refractivity contribution < 1.29 is 9.53 Å². The van der Waals surface area contributed by atoms with E-state index in [-0.39, 0.29) is 18.1 Å². The molecule has 106 valence electrons. The van der Waals surface area contributed by atoms with Crippen molar-refractivity contribution in [3.05, 3.63) is 36.3 Å². The number of aromatic nitrogens is 2. The number of carbonyl (C=O) groups is 1. The topological polar surface area (TPSA) is 55.6 Å². The quantitative estimate of drug-likeness (QED) is 0.919. The molecule has 0 unspecified atom stereocenters. The fourth-order valence-corrected chi connectivity index (χ4v) is 2.63. The van der Waals surface area contributed by atoms with Gasteiger partial charge in [-0.3, -0.25) is 4.79 Å². The van der Waals surface area contributed by atoms with Crippen molar-refractivity contribution >= 4 is 11.6 Å². The fraction of sp³-hybridized carbons (Fsp3) is 0.467. The minimum Gasteiger partial charge on any atom is -0.376 e. The number of ether oxygens (including phenoxy) is 1. The average Bonchev–Trinajstić information content (AvgIpc) is 3.07. The number of fused-ring (bicyclic) bond motifs is 1. The van der Waals surface area contributed by atoms with Gasteiger partial charge in [0.25, 0.3) is 0 Å². The van der Waals surface area contributed by atoms with Crippen LogP contribution >= 0.6 is 0 Å². The van der Waals surface area contributed by atoms with E-state index in [1.807, 2.05) is 41.9 Å². The first-order valence-electron chi connectivity index (χ1n) is 7.06. The number of imidazole rings is 1. The Labute approximate surface area is 118 Å². The minimum absolute atomic E-state index is 0.00333. The van der Waals surface area contributed by atoms with E-state index in [0.29, 0.717) is 6.42 Å². The molecule has 2 aromatic heterocycles. The fourth-order valence-electron chi connectivity index (χ4n) is 2.63. The van der Waals surface area contributed by atoms with Crippen molar-refractivity contribution in [3.63, 3.8) is 0 Å². The van der Waals surface area contributed by atoms with Gasteiger partial charge in [0.1, 0.15) is 5.65 Å². The third-order valence-corrected chi connectivity index (χ3v) is 3.67. The summed E-state index contributed by atoms with van der Waals surface area (Å²) in [5.41, 5.74) is 1.65. The smallest absolute Gasteiger partial charge is 0.226 e. The van der Waals surface area contributed by atoms with Crippen molar-refractivity contribution in [2.24, 2.45) is 0 Å². The van der Waals surface area contributed by atoms with Crippen LogP contribution in [0.2, 0.25) is 0 Å². The van der Waals surface area contributed by atoms with E-state index in [0.717, 1.165) is 30.8 Å². The SMILES string of the molecule is C[C@@H](NC(=O)Cc1cn2ccccc2n1)[C@@H]1CCCO1. The second-order valence-electron chi connectivity index (χ2n) is 5.28. The molecule has 1 aliphatic rings. The van der Waals surface area contributed by atoms with Crippen molar-refractivity contribution in [1.29, 1.82) is 0 Å². The molecule has 3 heterocycles. The summed E-state index contributed by atoms with van der Waals surface area (Å²) in [6.45, 7) is 2.80. The van der Waals surface area contributed by atoms with E-state index >= 15 is 0 Å². The molecule has 0 bridgehead atoms. The molecular weight excluding hydrogens is 254 g/mol. The molecule has 0 saturated carbocycles. The number of carbonyl (C=O) groups excluding carboxylic acids is 1. The Balaban J connectivity index is 1.60. The van der Waals surface area contributed by atoms with Gasteiger partial charge in [-0.1, -0.05) is 6.07 Å². The zero-order chi connectivity index (χ0) is 13.9. The Morgan fingerprint density at radius 3 is 3.25 bits per heavy atom. The molecule has 3 rings (SSSR count). The van der Waals surface area contributed by atoms with Gasteiger partial charge in [-0.15, -0.1) is 0 Å². The van der Waals surface area contributed by atoms with Gasteiger partial charge in [0.05, 0.1) is 24.3 Å². The third kappa shape index (κ3) is 2.82. The molecule has 0 spiro atoms. The monoisotopic (exact) mass is 273 g/mol. The van der Waals surface area contributed by atoms with E-state index in [1.54, 1.807) is 0 Å². The Morgan fingerprint density at radius 1 is 1.60 bits per heavy atom. The van der Waals surface area contributed by atoms with Crippen LogP contribution in [0.4, 0.5) is 0 Å². The Kier molecular flexibility index (Phi) is 3.69. The molecule has 5 heteroatoms. The molecule has 1 amide bonds. The van der Waals surface area contributed by atoms with Crippen molar-refractivity contribution in [2.45, 2.75) is 38.3 Å². The first-order valence-corrected chi connectivity index (χ1v) is 7.06. The molecule has 1 aliphatic heterocycles. The van der Waals surface area contributed by atoms with E-state index in [2.05, 4.69) is 10.3 Å². The van der Waals surface area contributed by atoms with Crippen molar-refractivity contribution in [3.8, 4) is 0 Å². The highest BCUT2D eigenvalue weighted by molar-refractivity contribution is 5.78. The number of nitrogens with one attached hydrogen (secondary N) is 1. The molecule has 5 nitrogen and oxygen atoms in total. The number of hydrogen-bond acceptors (Lipinski definition) is 3. The summed E-state index contributed by atoms with van der Waals surface area (Å²) in [7, 11) is 0. The molecular formula is C15H19N3O2. The van der Waals surface area contributed by atoms with Crippen LogP contribution in [0.15, 0.2) is 30.6 Å². The summed E-state index contributed by atoms with van der Waals surface area (Å²) in [5.74, 6) is -0.00333. The van der Waals surface area contributed by atoms with Crippen LogP contribution in [0.25, 0.3) is 5.65 Å². The van der Waals surface area contributed by atoms with Crippen molar-refractivity contribution in [1.82, 2.24) is 14.7 Å². The third-order valence-electron chi connectivity index (χ3n) is 3.67. The predicted octanol–water partition coefficient (Wildman–Crippen LogP) is 1.56. The van der Waals surface area contributed by atoms with E-state index in [9.17, 15) is 4.79 Å². The Morgan fingerprint density at radius 2 is 2.50 bits per heavy atom. The van der Waals surface area contributed by atoms with Crippen LogP contribution in [0, 0.1) is 0 Å². The van der Waals surface area contributed by atoms with Crippen molar-refractivity contribution in [2.75, 3.05) is 6.61 Å². The van der Waals surface area contributed by atoms with Gasteiger partial charge >= 0.3 is 0 Å². The lowest BCUT2D eigenvalue weighted by Gasteiger charge is -2.19. The average molecular weight is 273 g/mol. The first kappa shape index (κ1) is 13.1. The van der Waals surface area contributed by atoms with Crippen LogP contribution in [0.1, 0.15) is 25.5 Å². The van der Waals surface area contributed by atoms with Gasteiger partial charge in [-0.05, 0) is 31.9 Å². The number of rotatable bonds is 4. The molecule has 2 aromatic rings. The molecule has 0 aliphatic carbocycles. The zero-order valence-electron chi connectivity index (χ0n) is 11.6. The summed E-state index contributed by atoms with van der Waals surface area (Å²) in [6.07, 6.45) is 6.39. The van der Waals surface area contributed by atoms with Gasteiger partial charge in [-0.2, -0.15) is 0 Å². The summed E-state index contributed by atoms with van der Waals surface area (Å²) in [4.78, 5) is 16.5. The lowest BCUT2D eigenvalue weighted by atomic mass is 10.1. The summed E-state index contributed by atoms with van der Waals surface area (Å²) in [5, 5.41) is 3.00. The standard InChI is InChI=1S/C15H19N3O2/c1-11(13-5-4-8-20-13)16-15(19)9-12-10-18-7-3-2-6-14(18)17-12/h2-3,6-7,10-11,13H,4-5,8-9H2,1H3,(H,16,19)/t11-,13+/m1/s1. The first-order chi connectivity index (χ1) is 9.72. The van der Waals surface area contributed by atoms with Crippen LogP contribution in [-0.2, 0) is 16.0 Å². The summed E-state index contributed by atoms with van der Waals surface area (Å²) >= 11 is 0. The van der Waals surface area contributed by atoms with Gasteiger partial charge in [0.2, 0.25) is 5.91 Å². The normalized spacial score (nSPS) is 20.1. The van der Waals surface area contributed by atoms with Gasteiger partial charge < -0.3 is 14.5 Å². The van der Waals surface area contributed by atoms with E-state index in [1.165, 1.54) is 0 Å². The summed E-state index contributed by atoms with van der Waals surface area (Å²) in [6, 6.07) is 5.86. The zero-order valence-corrected chi connectivity index (χ0v) is 11.6. The maximum absolute atomic E-state index is 12.0. The molecule has 20 heavy (non-hydrogen) atoms. The highest BCUT2D eigenvalue weighted by Crippen LogP contribution is 2.15. The summed E-state index contributed by atoms with van der Waals surface area (Å²) < 4.78 is 7.50. The highest BCUT2D eigenvalue weighted by Gasteiger charge is 2.23. The molecule has 1 N–H and O–H groups in total. The number of pyridine rings is 1. The van der Waals surface area contributed by atoms with Gasteiger partial charge in [-0.25, -0.2) is 4.98 Å². The number of amides is 1. The lowest BCUT2D eigenvalue weighted by Crippen LogP contribution is -2.41. The second-order valence-corrected chi connectivity index (χ2v) is 5.28. The predicted molar refractivity (Wildman–Crippen MR) is 75.5 cm³/mol. The van der Waals surface area contributed by atoms with Crippen LogP contribution < -0.4 is 5.32 Å². The molecule has 0 radical (unpaired) electrons. The van der Waals surface area contributed by atoms with Gasteiger partial charge in [0, 0.05) is 19.0 Å². The van der Waals surface area contributed by atoms with Crippen LogP contribution in [0.5, 0.6) is 0 Å². The molecule has 1 fully saturated rings. The maximum atomic E-state index is 12.0. The minimum atomic E-state index is -0.00333. The van der Waals surface area contributed by atoms with Gasteiger partial charge in [0.15, 0.2) is 0 Å². The molecule has 2 atom stereocenters. The number of hydrogen-bond donors (Lipinski definition) is 1. The highest BCUT2D eigenvalue weighted by atomic mass is 16.5. The number of nitrogens with zero attached hydrogens (tertiary/aromatic N) is 2. The molecule has 0 aromatic carbocycles. The van der Waals surface area contributed by atoms with E-state index < -0.39 is 0 Å². The Hall–Kier alpha value is -1.88.